The molecule has 3 nitrogen and oxygen atoms in total. The number of ketones is 2. The molecule has 0 bridgehead atoms. The van der Waals surface area contributed by atoms with Gasteiger partial charge in [0.2, 0.25) is 0 Å². The predicted octanol–water partition coefficient (Wildman–Crippen LogP) is 6.19. The molecule has 5 heteroatoms. The summed E-state index contributed by atoms with van der Waals surface area (Å²) in [5, 5.41) is 2.76. The first-order chi connectivity index (χ1) is 15.0. The second kappa shape index (κ2) is 9.71. The molecule has 31 heavy (non-hydrogen) atoms. The quantitative estimate of drug-likeness (QED) is 0.413. The highest BCUT2D eigenvalue weighted by Gasteiger charge is 2.25. The Kier molecular flexibility index (Phi) is 6.79. The van der Waals surface area contributed by atoms with Crippen molar-refractivity contribution in [1.82, 2.24) is 4.90 Å². The van der Waals surface area contributed by atoms with Crippen molar-refractivity contribution in [1.29, 1.82) is 0 Å². The predicted molar refractivity (Wildman–Crippen MR) is 122 cm³/mol. The molecule has 0 saturated carbocycles. The molecule has 4 rings (SSSR count). The van der Waals surface area contributed by atoms with E-state index in [0.29, 0.717) is 17.0 Å². The Morgan fingerprint density at radius 1 is 0.903 bits per heavy atom. The number of rotatable bonds is 7. The molecule has 1 aliphatic heterocycles. The third-order valence-electron chi connectivity index (χ3n) is 6.09. The number of likely N-dealkylation sites (tertiary alicyclic amines) is 1. The van der Waals surface area contributed by atoms with Gasteiger partial charge in [0.25, 0.3) is 0 Å². The highest BCUT2D eigenvalue weighted by atomic mass is 35.5. The molecule has 1 aliphatic rings. The van der Waals surface area contributed by atoms with Crippen molar-refractivity contribution < 1.29 is 14.0 Å². The lowest BCUT2D eigenvalue weighted by atomic mass is 9.88. The molecule has 0 N–H and O–H groups in total. The number of hydrogen-bond donors (Lipinski definition) is 0. The van der Waals surface area contributed by atoms with Crippen molar-refractivity contribution in [3.8, 4) is 0 Å². The summed E-state index contributed by atoms with van der Waals surface area (Å²) in [4.78, 5) is 27.5. The van der Waals surface area contributed by atoms with Gasteiger partial charge in [0.05, 0.1) is 0 Å². The summed E-state index contributed by atoms with van der Waals surface area (Å²) in [5.41, 5.74) is 1.32. The normalized spacial score (nSPS) is 15.3. The molecule has 0 atom stereocenters. The van der Waals surface area contributed by atoms with E-state index in [2.05, 4.69) is 4.90 Å². The highest BCUT2D eigenvalue weighted by molar-refractivity contribution is 6.31. The fourth-order valence-corrected chi connectivity index (χ4v) is 4.45. The molecular weight excluding hydrogens is 413 g/mol. The Balaban J connectivity index is 1.25. The maximum Gasteiger partial charge on any atom is 0.166 e. The highest BCUT2D eigenvalue weighted by Crippen LogP contribution is 2.26. The van der Waals surface area contributed by atoms with E-state index in [1.165, 1.54) is 24.3 Å². The number of benzene rings is 3. The molecule has 3 aromatic rings. The maximum atomic E-state index is 13.0. The van der Waals surface area contributed by atoms with Crippen LogP contribution in [0.5, 0.6) is 0 Å². The maximum absolute atomic E-state index is 13.0. The van der Waals surface area contributed by atoms with Crippen LogP contribution in [0.25, 0.3) is 10.8 Å². The zero-order chi connectivity index (χ0) is 21.8. The number of carbonyl (C=O) groups excluding carboxylic acids is 2. The van der Waals surface area contributed by atoms with Crippen molar-refractivity contribution in [3.05, 3.63) is 82.6 Å². The average Bonchev–Trinajstić information content (AvgIpc) is 2.79. The van der Waals surface area contributed by atoms with Gasteiger partial charge in [-0.25, -0.2) is 4.39 Å². The van der Waals surface area contributed by atoms with Gasteiger partial charge in [0, 0.05) is 28.5 Å². The van der Waals surface area contributed by atoms with E-state index in [-0.39, 0.29) is 23.3 Å². The van der Waals surface area contributed by atoms with Gasteiger partial charge in [0.15, 0.2) is 11.6 Å². The van der Waals surface area contributed by atoms with E-state index < -0.39 is 0 Å². The van der Waals surface area contributed by atoms with Gasteiger partial charge >= 0.3 is 0 Å². The van der Waals surface area contributed by atoms with Crippen LogP contribution in [0.1, 0.15) is 46.4 Å². The Hall–Kier alpha value is -2.56. The van der Waals surface area contributed by atoms with Crippen molar-refractivity contribution in [2.24, 2.45) is 5.92 Å². The van der Waals surface area contributed by atoms with Crippen LogP contribution in [0, 0.1) is 11.7 Å². The van der Waals surface area contributed by atoms with Gasteiger partial charge < -0.3 is 4.90 Å². The largest absolute Gasteiger partial charge is 0.303 e. The van der Waals surface area contributed by atoms with Gasteiger partial charge in [-0.05, 0) is 92.1 Å². The minimum atomic E-state index is -0.331. The molecule has 1 heterocycles. The van der Waals surface area contributed by atoms with Crippen molar-refractivity contribution in [2.45, 2.75) is 25.7 Å². The van der Waals surface area contributed by atoms with E-state index in [1.807, 2.05) is 36.4 Å². The molecule has 0 spiro atoms. The number of hydrogen-bond acceptors (Lipinski definition) is 3. The van der Waals surface area contributed by atoms with Crippen LogP contribution < -0.4 is 0 Å². The summed E-state index contributed by atoms with van der Waals surface area (Å²) in [5.74, 6) is -0.0328. The Labute approximate surface area is 186 Å². The molecule has 0 amide bonds. The third kappa shape index (κ3) is 5.38. The Morgan fingerprint density at radius 2 is 1.55 bits per heavy atom. The van der Waals surface area contributed by atoms with Gasteiger partial charge in [0.1, 0.15) is 5.82 Å². The smallest absolute Gasteiger partial charge is 0.166 e. The summed E-state index contributed by atoms with van der Waals surface area (Å²) in [7, 11) is 0. The van der Waals surface area contributed by atoms with E-state index >= 15 is 0 Å². The fourth-order valence-electron chi connectivity index (χ4n) is 4.27. The van der Waals surface area contributed by atoms with Gasteiger partial charge in [-0.3, -0.25) is 9.59 Å². The molecule has 1 saturated heterocycles. The van der Waals surface area contributed by atoms with E-state index in [4.69, 9.17) is 11.6 Å². The van der Waals surface area contributed by atoms with Crippen LogP contribution in [-0.4, -0.2) is 36.1 Å². The summed E-state index contributed by atoms with van der Waals surface area (Å²) in [6, 6.07) is 17.2. The SMILES string of the molecule is O=C(CCCN1CCC(C(=O)c2ccc3cc(Cl)ccc3c2)CC1)c1ccc(F)cc1. The molecule has 3 aromatic carbocycles. The minimum absolute atomic E-state index is 0.0434. The first-order valence-electron chi connectivity index (χ1n) is 10.7. The minimum Gasteiger partial charge on any atom is -0.303 e. The first kappa shape index (κ1) is 21.7. The van der Waals surface area contributed by atoms with Gasteiger partial charge in [-0.1, -0.05) is 29.8 Å². The number of Topliss-reactive ketones (excluding diaryl/α,β-unsaturated/α-hetero) is 2. The van der Waals surface area contributed by atoms with Crippen molar-refractivity contribution in [3.63, 3.8) is 0 Å². The summed E-state index contributed by atoms with van der Waals surface area (Å²) < 4.78 is 13.0. The molecular formula is C26H25ClFNO2. The average molecular weight is 438 g/mol. The van der Waals surface area contributed by atoms with Gasteiger partial charge in [-0.2, -0.15) is 0 Å². The van der Waals surface area contributed by atoms with Crippen LogP contribution in [0.15, 0.2) is 60.7 Å². The number of piperidine rings is 1. The monoisotopic (exact) mass is 437 g/mol. The topological polar surface area (TPSA) is 37.4 Å². The van der Waals surface area contributed by atoms with Crippen LogP contribution in [0.2, 0.25) is 5.02 Å². The molecule has 160 valence electrons. The van der Waals surface area contributed by atoms with E-state index in [0.717, 1.165) is 55.2 Å². The fraction of sp³-hybridized carbons (Fsp3) is 0.308. The first-order valence-corrected chi connectivity index (χ1v) is 11.1. The van der Waals surface area contributed by atoms with E-state index in [1.54, 1.807) is 0 Å². The van der Waals surface area contributed by atoms with Crippen molar-refractivity contribution >= 4 is 33.9 Å². The molecule has 0 aromatic heterocycles. The molecule has 1 fully saturated rings. The molecule has 0 radical (unpaired) electrons. The second-order valence-corrected chi connectivity index (χ2v) is 8.66. The lowest BCUT2D eigenvalue weighted by Crippen LogP contribution is -2.37. The van der Waals surface area contributed by atoms with Gasteiger partial charge in [-0.15, -0.1) is 0 Å². The second-order valence-electron chi connectivity index (χ2n) is 8.22. The molecule has 0 unspecified atom stereocenters. The number of halogens is 2. The van der Waals surface area contributed by atoms with Crippen LogP contribution in [0.4, 0.5) is 4.39 Å². The summed E-state index contributed by atoms with van der Waals surface area (Å²) >= 11 is 6.04. The van der Waals surface area contributed by atoms with Crippen LogP contribution in [0.3, 0.4) is 0 Å². The number of fused-ring (bicyclic) bond motifs is 1. The zero-order valence-corrected chi connectivity index (χ0v) is 18.1. The zero-order valence-electron chi connectivity index (χ0n) is 17.3. The lowest BCUT2D eigenvalue weighted by Gasteiger charge is -2.31. The Morgan fingerprint density at radius 3 is 2.29 bits per heavy atom. The Bertz CT molecular complexity index is 1090. The molecule has 0 aliphatic carbocycles. The standard InChI is InChI=1S/C26H25ClFNO2/c27-23-8-5-20-16-22(4-3-21(20)17-23)26(31)19-11-14-29(15-12-19)13-1-2-25(30)18-6-9-24(28)10-7-18/h3-10,16-17,19H,1-2,11-15H2. The summed E-state index contributed by atoms with van der Waals surface area (Å²) in [6.07, 6.45) is 2.89. The van der Waals surface area contributed by atoms with Crippen LogP contribution >= 0.6 is 11.6 Å². The number of nitrogens with zero attached hydrogens (tertiary/aromatic N) is 1. The van der Waals surface area contributed by atoms with E-state index in [9.17, 15) is 14.0 Å². The number of carbonyl (C=O) groups is 2. The third-order valence-corrected chi connectivity index (χ3v) is 6.32. The van der Waals surface area contributed by atoms with Crippen molar-refractivity contribution in [2.75, 3.05) is 19.6 Å². The van der Waals surface area contributed by atoms with Crippen LogP contribution in [-0.2, 0) is 0 Å². The lowest BCUT2D eigenvalue weighted by molar-refractivity contribution is 0.0838. The summed E-state index contributed by atoms with van der Waals surface area (Å²) in [6.45, 7) is 2.57.